The molecule has 22 heavy (non-hydrogen) atoms. The van der Waals surface area contributed by atoms with Crippen LogP contribution < -0.4 is 4.74 Å². The average molecular weight is 303 g/mol. The van der Waals surface area contributed by atoms with Crippen LogP contribution in [0.25, 0.3) is 0 Å². The van der Waals surface area contributed by atoms with Gasteiger partial charge >= 0.3 is 0 Å². The summed E-state index contributed by atoms with van der Waals surface area (Å²) in [5.74, 6) is 2.79. The van der Waals surface area contributed by atoms with Crippen LogP contribution in [-0.4, -0.2) is 33.1 Å². The molecular formula is C17H25N3O2. The number of hydrogen-bond acceptors (Lipinski definition) is 4. The van der Waals surface area contributed by atoms with Crippen molar-refractivity contribution in [3.8, 4) is 5.75 Å². The SMILES string of the molecule is CCC(O)Cn1nc(Cc2ccccc2OC)nc1C(C)C. The summed E-state index contributed by atoms with van der Waals surface area (Å²) in [6.45, 7) is 6.63. The molecule has 1 heterocycles. The number of benzene rings is 1. The normalized spacial score (nSPS) is 12.6. The third-order valence-electron chi connectivity index (χ3n) is 3.66. The Kier molecular flexibility index (Phi) is 5.55. The van der Waals surface area contributed by atoms with Gasteiger partial charge in [0, 0.05) is 17.9 Å². The second-order valence-corrected chi connectivity index (χ2v) is 5.77. The third kappa shape index (κ3) is 3.85. The van der Waals surface area contributed by atoms with Crippen LogP contribution in [0.5, 0.6) is 5.75 Å². The number of aliphatic hydroxyl groups excluding tert-OH is 1. The number of rotatable bonds is 7. The smallest absolute Gasteiger partial charge is 0.155 e. The summed E-state index contributed by atoms with van der Waals surface area (Å²) in [6.07, 6.45) is 0.941. The van der Waals surface area contributed by atoms with Crippen LogP contribution in [0.4, 0.5) is 0 Å². The highest BCUT2D eigenvalue weighted by Gasteiger charge is 2.16. The molecule has 0 aliphatic carbocycles. The zero-order chi connectivity index (χ0) is 16.1. The molecule has 0 saturated carbocycles. The van der Waals surface area contributed by atoms with E-state index in [4.69, 9.17) is 4.74 Å². The number of methoxy groups -OCH3 is 1. The highest BCUT2D eigenvalue weighted by Crippen LogP contribution is 2.21. The van der Waals surface area contributed by atoms with Crippen LogP contribution in [0.2, 0.25) is 0 Å². The molecule has 0 fully saturated rings. The fraction of sp³-hybridized carbons (Fsp3) is 0.529. The first kappa shape index (κ1) is 16.5. The second-order valence-electron chi connectivity index (χ2n) is 5.77. The Bertz CT molecular complexity index is 608. The maximum atomic E-state index is 9.89. The lowest BCUT2D eigenvalue weighted by atomic mass is 10.1. The van der Waals surface area contributed by atoms with Gasteiger partial charge in [-0.3, -0.25) is 0 Å². The first-order chi connectivity index (χ1) is 10.5. The Hall–Kier alpha value is -1.88. The van der Waals surface area contributed by atoms with Crippen molar-refractivity contribution in [1.29, 1.82) is 0 Å². The lowest BCUT2D eigenvalue weighted by Gasteiger charge is -2.11. The molecule has 1 aromatic carbocycles. The van der Waals surface area contributed by atoms with E-state index in [1.807, 2.05) is 35.9 Å². The number of aromatic nitrogens is 3. The summed E-state index contributed by atoms with van der Waals surface area (Å²) in [7, 11) is 1.67. The minimum absolute atomic E-state index is 0.267. The molecule has 0 bridgehead atoms. The predicted molar refractivity (Wildman–Crippen MR) is 86.2 cm³/mol. The highest BCUT2D eigenvalue weighted by atomic mass is 16.5. The molecule has 0 amide bonds. The molecule has 0 aliphatic heterocycles. The van der Waals surface area contributed by atoms with Gasteiger partial charge in [-0.2, -0.15) is 5.10 Å². The Balaban J connectivity index is 2.26. The van der Waals surface area contributed by atoms with Crippen LogP contribution in [0.1, 0.15) is 50.3 Å². The maximum absolute atomic E-state index is 9.89. The monoisotopic (exact) mass is 303 g/mol. The molecule has 120 valence electrons. The van der Waals surface area contributed by atoms with Crippen LogP contribution in [-0.2, 0) is 13.0 Å². The zero-order valence-electron chi connectivity index (χ0n) is 13.8. The van der Waals surface area contributed by atoms with E-state index in [0.717, 1.165) is 23.0 Å². The van der Waals surface area contributed by atoms with E-state index in [9.17, 15) is 5.11 Å². The minimum atomic E-state index is -0.390. The van der Waals surface area contributed by atoms with Gasteiger partial charge in [-0.1, -0.05) is 39.0 Å². The molecule has 2 aromatic rings. The summed E-state index contributed by atoms with van der Waals surface area (Å²) >= 11 is 0. The molecule has 1 N–H and O–H groups in total. The largest absolute Gasteiger partial charge is 0.496 e. The molecule has 1 unspecified atom stereocenters. The van der Waals surface area contributed by atoms with Gasteiger partial charge in [0.2, 0.25) is 0 Å². The molecule has 0 aliphatic rings. The van der Waals surface area contributed by atoms with Gasteiger partial charge in [-0.05, 0) is 12.5 Å². The number of nitrogens with zero attached hydrogens (tertiary/aromatic N) is 3. The molecule has 2 rings (SSSR count). The van der Waals surface area contributed by atoms with E-state index >= 15 is 0 Å². The van der Waals surface area contributed by atoms with Gasteiger partial charge in [-0.25, -0.2) is 9.67 Å². The molecule has 0 radical (unpaired) electrons. The quantitative estimate of drug-likeness (QED) is 0.854. The van der Waals surface area contributed by atoms with Crippen molar-refractivity contribution >= 4 is 0 Å². The number of hydrogen-bond donors (Lipinski definition) is 1. The van der Waals surface area contributed by atoms with Gasteiger partial charge in [-0.15, -0.1) is 0 Å². The zero-order valence-corrected chi connectivity index (χ0v) is 13.8. The van der Waals surface area contributed by atoms with Crippen molar-refractivity contribution in [3.63, 3.8) is 0 Å². The molecule has 5 nitrogen and oxygen atoms in total. The van der Waals surface area contributed by atoms with E-state index < -0.39 is 6.10 Å². The molecule has 1 atom stereocenters. The molecule has 0 spiro atoms. The Morgan fingerprint density at radius 3 is 2.64 bits per heavy atom. The minimum Gasteiger partial charge on any atom is -0.496 e. The van der Waals surface area contributed by atoms with Crippen LogP contribution in [0.15, 0.2) is 24.3 Å². The first-order valence-electron chi connectivity index (χ1n) is 7.78. The van der Waals surface area contributed by atoms with Crippen molar-refractivity contribution in [2.45, 2.75) is 52.2 Å². The van der Waals surface area contributed by atoms with Gasteiger partial charge in [0.25, 0.3) is 0 Å². The van der Waals surface area contributed by atoms with E-state index in [0.29, 0.717) is 19.4 Å². The van der Waals surface area contributed by atoms with Crippen LogP contribution >= 0.6 is 0 Å². The first-order valence-corrected chi connectivity index (χ1v) is 7.78. The Labute approximate surface area is 132 Å². The number of aliphatic hydroxyl groups is 1. The standard InChI is InChI=1S/C17H25N3O2/c1-5-14(21)11-20-17(12(2)3)18-16(19-20)10-13-8-6-7-9-15(13)22-4/h6-9,12,14,21H,5,10-11H2,1-4H3. The fourth-order valence-electron chi connectivity index (χ4n) is 2.39. The summed E-state index contributed by atoms with van der Waals surface area (Å²) < 4.78 is 7.22. The fourth-order valence-corrected chi connectivity index (χ4v) is 2.39. The molecule has 5 heteroatoms. The molecule has 1 aromatic heterocycles. The summed E-state index contributed by atoms with van der Waals surface area (Å²) in [6, 6.07) is 7.90. The van der Waals surface area contributed by atoms with Crippen LogP contribution in [0.3, 0.4) is 0 Å². The predicted octanol–water partition coefficient (Wildman–Crippen LogP) is 2.77. The van der Waals surface area contributed by atoms with Gasteiger partial charge in [0.15, 0.2) is 5.82 Å². The summed E-state index contributed by atoms with van der Waals surface area (Å²) in [5, 5.41) is 14.5. The van der Waals surface area contributed by atoms with E-state index in [2.05, 4.69) is 23.9 Å². The lowest BCUT2D eigenvalue weighted by molar-refractivity contribution is 0.143. The third-order valence-corrected chi connectivity index (χ3v) is 3.66. The van der Waals surface area contributed by atoms with Crippen molar-refractivity contribution in [3.05, 3.63) is 41.5 Å². The topological polar surface area (TPSA) is 60.2 Å². The van der Waals surface area contributed by atoms with Crippen LogP contribution in [0, 0.1) is 0 Å². The maximum Gasteiger partial charge on any atom is 0.155 e. The molecular weight excluding hydrogens is 278 g/mol. The summed E-state index contributed by atoms with van der Waals surface area (Å²) in [4.78, 5) is 4.65. The number of ether oxygens (including phenoxy) is 1. The highest BCUT2D eigenvalue weighted by molar-refractivity contribution is 5.35. The summed E-state index contributed by atoms with van der Waals surface area (Å²) in [5.41, 5.74) is 1.06. The lowest BCUT2D eigenvalue weighted by Crippen LogP contribution is -2.18. The van der Waals surface area contributed by atoms with Gasteiger partial charge in [0.05, 0.1) is 19.8 Å². The van der Waals surface area contributed by atoms with Gasteiger partial charge in [0.1, 0.15) is 11.6 Å². The van der Waals surface area contributed by atoms with Crippen molar-refractivity contribution in [2.24, 2.45) is 0 Å². The van der Waals surface area contributed by atoms with E-state index in [-0.39, 0.29) is 5.92 Å². The number of para-hydroxylation sites is 1. The Morgan fingerprint density at radius 1 is 1.27 bits per heavy atom. The van der Waals surface area contributed by atoms with E-state index in [1.54, 1.807) is 7.11 Å². The van der Waals surface area contributed by atoms with Crippen molar-refractivity contribution < 1.29 is 9.84 Å². The van der Waals surface area contributed by atoms with Crippen molar-refractivity contribution in [1.82, 2.24) is 14.8 Å². The second kappa shape index (κ2) is 7.40. The van der Waals surface area contributed by atoms with E-state index in [1.165, 1.54) is 0 Å². The van der Waals surface area contributed by atoms with Gasteiger partial charge < -0.3 is 9.84 Å². The average Bonchev–Trinajstić information content (AvgIpc) is 2.90. The molecule has 0 saturated heterocycles. The van der Waals surface area contributed by atoms with Crippen molar-refractivity contribution in [2.75, 3.05) is 7.11 Å². The Morgan fingerprint density at radius 2 is 2.00 bits per heavy atom.